The molecule has 0 bridgehead atoms. The highest BCUT2D eigenvalue weighted by molar-refractivity contribution is 6.77. The van der Waals surface area contributed by atoms with Crippen LogP contribution in [0.4, 0.5) is 0 Å². The van der Waals surface area contributed by atoms with Crippen LogP contribution in [0.25, 0.3) is 0 Å². The molecule has 0 unspecified atom stereocenters. The molecule has 1 atom stereocenters. The van der Waals surface area contributed by atoms with E-state index >= 15 is 0 Å². The number of nitrogens with one attached hydrogen (secondary N) is 1. The van der Waals surface area contributed by atoms with Crippen LogP contribution in [0, 0.1) is 0 Å². The van der Waals surface area contributed by atoms with Crippen molar-refractivity contribution in [3.63, 3.8) is 0 Å². The second-order valence-electron chi connectivity index (χ2n) is 7.66. The first-order valence-electron chi connectivity index (χ1n) is 10.1. The number of hydrogen-bond acceptors (Lipinski definition) is 2. The van der Waals surface area contributed by atoms with Crippen LogP contribution >= 0.6 is 0 Å². The SMILES string of the molecule is CC[Si](CC)(OC[C@@H]1CCCN1)C(C)(c1ccccc1)c1ccccc1. The molecule has 1 saturated heterocycles. The second kappa shape index (κ2) is 8.51. The van der Waals surface area contributed by atoms with Crippen molar-refractivity contribution in [1.82, 2.24) is 5.32 Å². The van der Waals surface area contributed by atoms with Crippen LogP contribution in [0.15, 0.2) is 60.7 Å². The highest BCUT2D eigenvalue weighted by atomic mass is 28.4. The van der Waals surface area contributed by atoms with E-state index in [1.807, 2.05) is 0 Å². The summed E-state index contributed by atoms with van der Waals surface area (Å²) < 4.78 is 6.96. The molecule has 0 aliphatic carbocycles. The summed E-state index contributed by atoms with van der Waals surface area (Å²) in [7, 11) is -2.09. The van der Waals surface area contributed by atoms with Gasteiger partial charge in [-0.05, 0) is 42.6 Å². The zero-order chi connectivity index (χ0) is 18.5. The van der Waals surface area contributed by atoms with Crippen LogP contribution in [0.1, 0.15) is 44.7 Å². The van der Waals surface area contributed by atoms with Crippen molar-refractivity contribution in [3.8, 4) is 0 Å². The minimum atomic E-state index is -2.09. The van der Waals surface area contributed by atoms with Crippen LogP contribution < -0.4 is 5.32 Å². The summed E-state index contributed by atoms with van der Waals surface area (Å²) in [5.41, 5.74) is 2.78. The Labute approximate surface area is 160 Å². The minimum Gasteiger partial charge on any atom is -0.414 e. The van der Waals surface area contributed by atoms with Gasteiger partial charge < -0.3 is 9.74 Å². The van der Waals surface area contributed by atoms with E-state index in [4.69, 9.17) is 4.43 Å². The normalized spacial score (nSPS) is 18.2. The van der Waals surface area contributed by atoms with Crippen LogP contribution in [0.3, 0.4) is 0 Å². The fourth-order valence-corrected chi connectivity index (χ4v) is 9.22. The third kappa shape index (κ3) is 3.53. The fraction of sp³-hybridized carbons (Fsp3) is 0.478. The Hall–Kier alpha value is -1.42. The van der Waals surface area contributed by atoms with Crippen molar-refractivity contribution in [2.24, 2.45) is 0 Å². The monoisotopic (exact) mass is 367 g/mol. The molecule has 2 nitrogen and oxygen atoms in total. The number of benzene rings is 2. The maximum Gasteiger partial charge on any atom is 0.206 e. The highest BCUT2D eigenvalue weighted by Crippen LogP contribution is 2.45. The van der Waals surface area contributed by atoms with Gasteiger partial charge in [0.25, 0.3) is 0 Å². The Morgan fingerprint density at radius 3 is 1.92 bits per heavy atom. The quantitative estimate of drug-likeness (QED) is 0.640. The maximum absolute atomic E-state index is 6.96. The van der Waals surface area contributed by atoms with Gasteiger partial charge in [-0.3, -0.25) is 0 Å². The largest absolute Gasteiger partial charge is 0.414 e. The van der Waals surface area contributed by atoms with Gasteiger partial charge in [0.1, 0.15) is 0 Å². The summed E-state index contributed by atoms with van der Waals surface area (Å²) in [5, 5.41) is 3.55. The Kier molecular flexibility index (Phi) is 6.33. The average molecular weight is 368 g/mol. The van der Waals surface area contributed by atoms with Crippen molar-refractivity contribution in [3.05, 3.63) is 71.8 Å². The molecule has 0 spiro atoms. The number of rotatable bonds is 8. The first-order valence-corrected chi connectivity index (χ1v) is 12.5. The van der Waals surface area contributed by atoms with E-state index in [1.54, 1.807) is 0 Å². The van der Waals surface area contributed by atoms with E-state index in [2.05, 4.69) is 86.8 Å². The zero-order valence-corrected chi connectivity index (χ0v) is 17.5. The van der Waals surface area contributed by atoms with Crippen LogP contribution in [-0.4, -0.2) is 27.5 Å². The van der Waals surface area contributed by atoms with Crippen molar-refractivity contribution < 1.29 is 4.43 Å². The van der Waals surface area contributed by atoms with Gasteiger partial charge in [-0.1, -0.05) is 81.4 Å². The first kappa shape index (κ1) is 19.3. The molecule has 1 N–H and O–H groups in total. The molecule has 0 amide bonds. The smallest absolute Gasteiger partial charge is 0.206 e. The Morgan fingerprint density at radius 2 is 1.50 bits per heavy atom. The highest BCUT2D eigenvalue weighted by Gasteiger charge is 2.52. The summed E-state index contributed by atoms with van der Waals surface area (Å²) in [6.45, 7) is 9.08. The van der Waals surface area contributed by atoms with Crippen molar-refractivity contribution in [2.75, 3.05) is 13.2 Å². The average Bonchev–Trinajstić information content (AvgIpc) is 3.24. The summed E-state index contributed by atoms with van der Waals surface area (Å²) >= 11 is 0. The van der Waals surface area contributed by atoms with Gasteiger partial charge in [0, 0.05) is 17.7 Å². The lowest BCUT2D eigenvalue weighted by molar-refractivity contribution is 0.248. The van der Waals surface area contributed by atoms with E-state index in [9.17, 15) is 0 Å². The topological polar surface area (TPSA) is 21.3 Å². The Balaban J connectivity index is 2.04. The predicted molar refractivity (Wildman–Crippen MR) is 113 cm³/mol. The van der Waals surface area contributed by atoms with Gasteiger partial charge in [-0.25, -0.2) is 0 Å². The van der Waals surface area contributed by atoms with Gasteiger partial charge in [-0.2, -0.15) is 0 Å². The molecule has 1 heterocycles. The van der Waals surface area contributed by atoms with Crippen molar-refractivity contribution in [2.45, 2.75) is 56.8 Å². The van der Waals surface area contributed by atoms with Crippen LogP contribution in [0.5, 0.6) is 0 Å². The molecule has 1 fully saturated rings. The minimum absolute atomic E-state index is 0.0579. The van der Waals surface area contributed by atoms with Crippen LogP contribution in [-0.2, 0) is 9.46 Å². The van der Waals surface area contributed by atoms with E-state index in [-0.39, 0.29) is 5.04 Å². The van der Waals surface area contributed by atoms with E-state index in [0.29, 0.717) is 6.04 Å². The molecular weight excluding hydrogens is 334 g/mol. The molecule has 2 aromatic rings. The molecular formula is C23H33NOSi. The Bertz CT molecular complexity index is 624. The fourth-order valence-electron chi connectivity index (χ4n) is 4.70. The molecule has 3 heteroatoms. The molecule has 140 valence electrons. The van der Waals surface area contributed by atoms with Gasteiger partial charge in [0.05, 0.1) is 0 Å². The van der Waals surface area contributed by atoms with E-state index in [1.165, 1.54) is 24.0 Å². The lowest BCUT2D eigenvalue weighted by Crippen LogP contribution is -2.58. The predicted octanol–water partition coefficient (Wildman–Crippen LogP) is 5.29. The summed E-state index contributed by atoms with van der Waals surface area (Å²) in [6.07, 6.45) is 2.51. The van der Waals surface area contributed by atoms with Gasteiger partial charge in [0.2, 0.25) is 8.32 Å². The number of hydrogen-bond donors (Lipinski definition) is 1. The van der Waals surface area contributed by atoms with Gasteiger partial charge in [-0.15, -0.1) is 0 Å². The summed E-state index contributed by atoms with van der Waals surface area (Å²) in [4.78, 5) is 0. The molecule has 1 aliphatic heterocycles. The summed E-state index contributed by atoms with van der Waals surface area (Å²) in [6, 6.07) is 24.8. The second-order valence-corrected chi connectivity index (χ2v) is 12.4. The Morgan fingerprint density at radius 1 is 0.962 bits per heavy atom. The third-order valence-electron chi connectivity index (χ3n) is 6.48. The maximum atomic E-state index is 6.96. The molecule has 26 heavy (non-hydrogen) atoms. The molecule has 0 aromatic heterocycles. The molecule has 2 aromatic carbocycles. The van der Waals surface area contributed by atoms with Gasteiger partial charge in [0.15, 0.2) is 0 Å². The van der Waals surface area contributed by atoms with Crippen LogP contribution in [0.2, 0.25) is 12.1 Å². The summed E-state index contributed by atoms with van der Waals surface area (Å²) in [5.74, 6) is 0. The first-order chi connectivity index (χ1) is 12.7. The lowest BCUT2D eigenvalue weighted by Gasteiger charge is -2.47. The zero-order valence-electron chi connectivity index (χ0n) is 16.5. The van der Waals surface area contributed by atoms with Crippen molar-refractivity contribution >= 4 is 8.32 Å². The third-order valence-corrected chi connectivity index (χ3v) is 11.9. The van der Waals surface area contributed by atoms with Crippen molar-refractivity contribution in [1.29, 1.82) is 0 Å². The van der Waals surface area contributed by atoms with Gasteiger partial charge >= 0.3 is 0 Å². The lowest BCUT2D eigenvalue weighted by atomic mass is 9.92. The molecule has 1 aliphatic rings. The molecule has 0 saturated carbocycles. The van der Waals surface area contributed by atoms with E-state index < -0.39 is 8.32 Å². The molecule has 0 radical (unpaired) electrons. The molecule has 3 rings (SSSR count). The standard InChI is InChI=1S/C23H33NOSi/c1-4-26(5-2,25-19-22-17-12-18-24-22)23(3,20-13-8-6-9-14-20)21-15-10-7-11-16-21/h6-11,13-16,22,24H,4-5,12,17-19H2,1-3H3/t22-/m0/s1. The van der Waals surface area contributed by atoms with E-state index in [0.717, 1.165) is 25.2 Å².